The molecule has 0 atom stereocenters. The van der Waals surface area contributed by atoms with Crippen molar-refractivity contribution in [2.75, 3.05) is 0 Å². The Kier molecular flexibility index (Phi) is 3.92. The Labute approximate surface area is 130 Å². The highest BCUT2D eigenvalue weighted by atomic mass is 79.9. The molecule has 21 heavy (non-hydrogen) atoms. The van der Waals surface area contributed by atoms with Crippen LogP contribution in [0.25, 0.3) is 11.0 Å². The molecule has 1 amide bonds. The van der Waals surface area contributed by atoms with E-state index in [9.17, 15) is 4.79 Å². The van der Waals surface area contributed by atoms with Crippen molar-refractivity contribution in [2.24, 2.45) is 0 Å². The van der Waals surface area contributed by atoms with Gasteiger partial charge in [0.15, 0.2) is 0 Å². The van der Waals surface area contributed by atoms with Crippen LogP contribution in [0.2, 0.25) is 0 Å². The summed E-state index contributed by atoms with van der Waals surface area (Å²) in [5.41, 5.74) is 3.02. The SMILES string of the molecule is O=C(NCc1cnc2ccccc2n1)c1cccc(Br)c1. The lowest BCUT2D eigenvalue weighted by atomic mass is 10.2. The third kappa shape index (κ3) is 3.25. The molecule has 0 saturated heterocycles. The number of halogens is 1. The van der Waals surface area contributed by atoms with Gasteiger partial charge in [-0.2, -0.15) is 0 Å². The lowest BCUT2D eigenvalue weighted by Crippen LogP contribution is -2.23. The predicted octanol–water partition coefficient (Wildman–Crippen LogP) is 3.32. The van der Waals surface area contributed by atoms with Crippen molar-refractivity contribution in [3.63, 3.8) is 0 Å². The Bertz CT molecular complexity index is 804. The molecule has 5 heteroatoms. The molecule has 0 saturated carbocycles. The number of aromatic nitrogens is 2. The lowest BCUT2D eigenvalue weighted by Gasteiger charge is -2.06. The number of fused-ring (bicyclic) bond motifs is 1. The number of amides is 1. The monoisotopic (exact) mass is 341 g/mol. The lowest BCUT2D eigenvalue weighted by molar-refractivity contribution is 0.0950. The van der Waals surface area contributed by atoms with Gasteiger partial charge in [-0.3, -0.25) is 9.78 Å². The fourth-order valence-corrected chi connectivity index (χ4v) is 2.38. The second-order valence-electron chi connectivity index (χ2n) is 4.54. The summed E-state index contributed by atoms with van der Waals surface area (Å²) in [6, 6.07) is 14.9. The Morgan fingerprint density at radius 3 is 2.71 bits per heavy atom. The first-order valence-corrected chi connectivity index (χ1v) is 7.26. The summed E-state index contributed by atoms with van der Waals surface area (Å²) in [4.78, 5) is 20.9. The van der Waals surface area contributed by atoms with E-state index in [1.807, 2.05) is 36.4 Å². The predicted molar refractivity (Wildman–Crippen MR) is 84.9 cm³/mol. The van der Waals surface area contributed by atoms with Gasteiger partial charge >= 0.3 is 0 Å². The summed E-state index contributed by atoms with van der Waals surface area (Å²) in [5.74, 6) is -0.133. The minimum absolute atomic E-state index is 0.133. The highest BCUT2D eigenvalue weighted by Crippen LogP contribution is 2.12. The number of nitrogens with one attached hydrogen (secondary N) is 1. The molecule has 104 valence electrons. The van der Waals surface area contributed by atoms with Crippen LogP contribution < -0.4 is 5.32 Å². The molecule has 3 rings (SSSR count). The minimum atomic E-state index is -0.133. The molecule has 1 N–H and O–H groups in total. The van der Waals surface area contributed by atoms with Gasteiger partial charge in [-0.1, -0.05) is 34.1 Å². The average molecular weight is 342 g/mol. The van der Waals surface area contributed by atoms with Crippen molar-refractivity contribution in [3.8, 4) is 0 Å². The van der Waals surface area contributed by atoms with Gasteiger partial charge in [0.1, 0.15) is 0 Å². The normalized spacial score (nSPS) is 10.5. The molecule has 3 aromatic rings. The number of hydrogen-bond acceptors (Lipinski definition) is 3. The summed E-state index contributed by atoms with van der Waals surface area (Å²) < 4.78 is 0.876. The number of carbonyl (C=O) groups is 1. The maximum absolute atomic E-state index is 12.1. The van der Waals surface area contributed by atoms with Crippen LogP contribution in [-0.4, -0.2) is 15.9 Å². The van der Waals surface area contributed by atoms with Crippen LogP contribution >= 0.6 is 15.9 Å². The highest BCUT2D eigenvalue weighted by molar-refractivity contribution is 9.10. The van der Waals surface area contributed by atoms with E-state index in [-0.39, 0.29) is 5.91 Å². The Morgan fingerprint density at radius 1 is 1.10 bits per heavy atom. The Balaban J connectivity index is 1.72. The number of benzene rings is 2. The van der Waals surface area contributed by atoms with E-state index < -0.39 is 0 Å². The van der Waals surface area contributed by atoms with Crippen LogP contribution in [0.4, 0.5) is 0 Å². The molecule has 0 spiro atoms. The average Bonchev–Trinajstić information content (AvgIpc) is 2.52. The van der Waals surface area contributed by atoms with Crippen molar-refractivity contribution in [1.82, 2.24) is 15.3 Å². The molecule has 1 aromatic heterocycles. The molecule has 0 unspecified atom stereocenters. The van der Waals surface area contributed by atoms with Crippen molar-refractivity contribution in [1.29, 1.82) is 0 Å². The van der Waals surface area contributed by atoms with Crippen LogP contribution in [0.3, 0.4) is 0 Å². The van der Waals surface area contributed by atoms with Crippen LogP contribution in [0.1, 0.15) is 16.1 Å². The van der Waals surface area contributed by atoms with Gasteiger partial charge in [-0.05, 0) is 30.3 Å². The third-order valence-corrected chi connectivity index (χ3v) is 3.51. The minimum Gasteiger partial charge on any atom is -0.346 e. The van der Waals surface area contributed by atoms with E-state index >= 15 is 0 Å². The molecule has 0 fully saturated rings. The maximum atomic E-state index is 12.1. The molecule has 0 aliphatic rings. The van der Waals surface area contributed by atoms with Gasteiger partial charge in [-0.25, -0.2) is 4.98 Å². The van der Waals surface area contributed by atoms with Crippen molar-refractivity contribution < 1.29 is 4.79 Å². The third-order valence-electron chi connectivity index (χ3n) is 3.02. The molecule has 0 aliphatic heterocycles. The van der Waals surface area contributed by atoms with Crippen molar-refractivity contribution in [3.05, 3.63) is 70.5 Å². The smallest absolute Gasteiger partial charge is 0.251 e. The molecule has 2 aromatic carbocycles. The van der Waals surface area contributed by atoms with Gasteiger partial charge < -0.3 is 5.32 Å². The van der Waals surface area contributed by atoms with Gasteiger partial charge in [0.25, 0.3) is 5.91 Å². The molecule has 0 bridgehead atoms. The molecule has 0 aliphatic carbocycles. The van der Waals surface area contributed by atoms with E-state index in [4.69, 9.17) is 0 Å². The van der Waals surface area contributed by atoms with E-state index in [1.165, 1.54) is 0 Å². The zero-order valence-electron chi connectivity index (χ0n) is 11.1. The van der Waals surface area contributed by atoms with Crippen molar-refractivity contribution in [2.45, 2.75) is 6.54 Å². The van der Waals surface area contributed by atoms with Gasteiger partial charge in [-0.15, -0.1) is 0 Å². The molecule has 0 radical (unpaired) electrons. The second-order valence-corrected chi connectivity index (χ2v) is 5.46. The number of para-hydroxylation sites is 2. The first kappa shape index (κ1) is 13.7. The van der Waals surface area contributed by atoms with E-state index in [0.717, 1.165) is 21.2 Å². The van der Waals surface area contributed by atoms with Crippen LogP contribution in [0.15, 0.2) is 59.2 Å². The second kappa shape index (κ2) is 6.01. The number of carbonyl (C=O) groups excluding carboxylic acids is 1. The largest absolute Gasteiger partial charge is 0.346 e. The van der Waals surface area contributed by atoms with Crippen LogP contribution in [0.5, 0.6) is 0 Å². The molecule has 1 heterocycles. The van der Waals surface area contributed by atoms with E-state index in [1.54, 1.807) is 18.3 Å². The zero-order chi connectivity index (χ0) is 14.7. The van der Waals surface area contributed by atoms with Crippen LogP contribution in [-0.2, 0) is 6.54 Å². The number of nitrogens with zero attached hydrogens (tertiary/aromatic N) is 2. The first-order chi connectivity index (χ1) is 10.2. The van der Waals surface area contributed by atoms with E-state index in [0.29, 0.717) is 12.1 Å². The van der Waals surface area contributed by atoms with Crippen LogP contribution in [0, 0.1) is 0 Å². The summed E-state index contributed by atoms with van der Waals surface area (Å²) >= 11 is 3.35. The zero-order valence-corrected chi connectivity index (χ0v) is 12.7. The summed E-state index contributed by atoms with van der Waals surface area (Å²) in [7, 11) is 0. The number of rotatable bonds is 3. The molecule has 4 nitrogen and oxygen atoms in total. The summed E-state index contributed by atoms with van der Waals surface area (Å²) in [5, 5.41) is 2.84. The van der Waals surface area contributed by atoms with Crippen molar-refractivity contribution >= 4 is 32.9 Å². The molecular weight excluding hydrogens is 330 g/mol. The summed E-state index contributed by atoms with van der Waals surface area (Å²) in [6.07, 6.45) is 1.68. The van der Waals surface area contributed by atoms with Gasteiger partial charge in [0, 0.05) is 10.0 Å². The quantitative estimate of drug-likeness (QED) is 0.794. The van der Waals surface area contributed by atoms with Gasteiger partial charge in [0.05, 0.1) is 29.5 Å². The van der Waals surface area contributed by atoms with Gasteiger partial charge in [0.2, 0.25) is 0 Å². The topological polar surface area (TPSA) is 54.9 Å². The Morgan fingerprint density at radius 2 is 1.90 bits per heavy atom. The standard InChI is InChI=1S/C16H12BrN3O/c17-12-5-3-4-11(8-12)16(21)19-10-13-9-18-14-6-1-2-7-15(14)20-13/h1-9H,10H2,(H,19,21). The molecular formula is C16H12BrN3O. The Hall–Kier alpha value is -2.27. The fraction of sp³-hybridized carbons (Fsp3) is 0.0625. The van der Waals surface area contributed by atoms with E-state index in [2.05, 4.69) is 31.2 Å². The highest BCUT2D eigenvalue weighted by Gasteiger charge is 2.06. The number of hydrogen-bond donors (Lipinski definition) is 1. The summed E-state index contributed by atoms with van der Waals surface area (Å²) in [6.45, 7) is 0.350. The first-order valence-electron chi connectivity index (χ1n) is 6.47. The fourth-order valence-electron chi connectivity index (χ4n) is 1.98. The maximum Gasteiger partial charge on any atom is 0.251 e.